The topological polar surface area (TPSA) is 65.2 Å². The molecule has 0 bridgehead atoms. The number of nitrogens with two attached hydrogens (primary N) is 1. The third-order valence-corrected chi connectivity index (χ3v) is 1.36. The summed E-state index contributed by atoms with van der Waals surface area (Å²) in [5, 5.41) is 0. The second-order valence-corrected chi connectivity index (χ2v) is 2.93. The lowest BCUT2D eigenvalue weighted by Crippen LogP contribution is -2.11. The number of anilines is 1. The van der Waals surface area contributed by atoms with Gasteiger partial charge in [-0.1, -0.05) is 0 Å². The molecule has 0 atom stereocenters. The Morgan fingerprint density at radius 3 is 2.69 bits per heavy atom. The fourth-order valence-corrected chi connectivity index (χ4v) is 0.808. The fourth-order valence-electron chi connectivity index (χ4n) is 0.808. The van der Waals surface area contributed by atoms with Gasteiger partial charge in [0.1, 0.15) is 5.82 Å². The second-order valence-electron chi connectivity index (χ2n) is 2.93. The van der Waals surface area contributed by atoms with Gasteiger partial charge in [-0.25, -0.2) is 9.78 Å². The van der Waals surface area contributed by atoms with Gasteiger partial charge >= 0.3 is 5.97 Å². The van der Waals surface area contributed by atoms with Crippen LogP contribution < -0.4 is 5.73 Å². The van der Waals surface area contributed by atoms with Crippen molar-refractivity contribution in [1.82, 2.24) is 4.98 Å². The molecule has 70 valence electrons. The summed E-state index contributed by atoms with van der Waals surface area (Å²) in [5.41, 5.74) is 5.78. The molecule has 0 saturated carbocycles. The Hall–Kier alpha value is -1.58. The Kier molecular flexibility index (Phi) is 2.84. The number of rotatable bonds is 2. The van der Waals surface area contributed by atoms with Crippen LogP contribution in [-0.4, -0.2) is 17.1 Å². The van der Waals surface area contributed by atoms with Crippen LogP contribution >= 0.6 is 0 Å². The van der Waals surface area contributed by atoms with Gasteiger partial charge in [0.15, 0.2) is 0 Å². The van der Waals surface area contributed by atoms with E-state index in [0.717, 1.165) is 0 Å². The molecule has 1 aromatic heterocycles. The maximum atomic E-state index is 11.3. The minimum Gasteiger partial charge on any atom is -0.459 e. The summed E-state index contributed by atoms with van der Waals surface area (Å²) in [6.07, 6.45) is 1.28. The lowest BCUT2D eigenvalue weighted by molar-refractivity contribution is 0.0377. The molecule has 1 heterocycles. The number of carbonyl (C=O) groups is 1. The monoisotopic (exact) mass is 180 g/mol. The summed E-state index contributed by atoms with van der Waals surface area (Å²) < 4.78 is 4.96. The first-order chi connectivity index (χ1) is 6.09. The van der Waals surface area contributed by atoms with Crippen LogP contribution in [0.2, 0.25) is 0 Å². The Balaban J connectivity index is 2.72. The maximum Gasteiger partial charge on any atom is 0.339 e. The smallest absolute Gasteiger partial charge is 0.339 e. The summed E-state index contributed by atoms with van der Waals surface area (Å²) in [7, 11) is 0. The van der Waals surface area contributed by atoms with Gasteiger partial charge in [0.2, 0.25) is 0 Å². The number of pyridine rings is 1. The summed E-state index contributed by atoms with van der Waals surface area (Å²) in [6, 6.07) is 3.16. The van der Waals surface area contributed by atoms with Gasteiger partial charge in [0.05, 0.1) is 11.7 Å². The van der Waals surface area contributed by atoms with E-state index in [9.17, 15) is 4.79 Å². The minimum absolute atomic E-state index is 0.120. The average molecular weight is 180 g/mol. The molecule has 1 aromatic rings. The number of nitrogen functional groups attached to an aromatic ring is 1. The van der Waals surface area contributed by atoms with Gasteiger partial charge in [-0.15, -0.1) is 0 Å². The van der Waals surface area contributed by atoms with Crippen molar-refractivity contribution in [3.63, 3.8) is 0 Å². The molecule has 0 amide bonds. The van der Waals surface area contributed by atoms with Crippen molar-refractivity contribution < 1.29 is 9.53 Å². The van der Waals surface area contributed by atoms with Crippen LogP contribution in [0.15, 0.2) is 18.3 Å². The predicted molar refractivity (Wildman–Crippen MR) is 49.2 cm³/mol. The molecule has 0 unspecified atom stereocenters. The number of nitrogens with zero attached hydrogens (tertiary/aromatic N) is 1. The van der Waals surface area contributed by atoms with E-state index in [1.165, 1.54) is 6.20 Å². The molecule has 0 spiro atoms. The van der Waals surface area contributed by atoms with Gasteiger partial charge in [-0.3, -0.25) is 0 Å². The predicted octanol–water partition coefficient (Wildman–Crippen LogP) is 1.23. The summed E-state index contributed by atoms with van der Waals surface area (Å²) >= 11 is 0. The highest BCUT2D eigenvalue weighted by Crippen LogP contribution is 2.04. The number of hydrogen-bond acceptors (Lipinski definition) is 4. The van der Waals surface area contributed by atoms with Gasteiger partial charge in [-0.05, 0) is 26.0 Å². The fraction of sp³-hybridized carbons (Fsp3) is 0.333. The molecule has 13 heavy (non-hydrogen) atoms. The third-order valence-electron chi connectivity index (χ3n) is 1.36. The van der Waals surface area contributed by atoms with Crippen molar-refractivity contribution in [2.45, 2.75) is 20.0 Å². The Labute approximate surface area is 76.7 Å². The van der Waals surface area contributed by atoms with Crippen LogP contribution in [0.3, 0.4) is 0 Å². The molecular weight excluding hydrogens is 168 g/mol. The highest BCUT2D eigenvalue weighted by molar-refractivity contribution is 5.89. The van der Waals surface area contributed by atoms with Gasteiger partial charge in [-0.2, -0.15) is 0 Å². The van der Waals surface area contributed by atoms with Crippen molar-refractivity contribution in [2.24, 2.45) is 0 Å². The standard InChI is InChI=1S/C9H12N2O2/c1-6(2)13-9(12)7-3-4-8(10)11-5-7/h3-6H,1-2H3,(H2,10,11). The van der Waals surface area contributed by atoms with Gasteiger partial charge in [0.25, 0.3) is 0 Å². The van der Waals surface area contributed by atoms with Crippen LogP contribution in [0.1, 0.15) is 24.2 Å². The molecule has 0 aromatic carbocycles. The SMILES string of the molecule is CC(C)OC(=O)c1ccc(N)nc1. The number of hydrogen-bond donors (Lipinski definition) is 1. The first kappa shape index (κ1) is 9.51. The lowest BCUT2D eigenvalue weighted by Gasteiger charge is -2.06. The van der Waals surface area contributed by atoms with E-state index < -0.39 is 0 Å². The quantitative estimate of drug-likeness (QED) is 0.695. The molecule has 2 N–H and O–H groups in total. The largest absolute Gasteiger partial charge is 0.459 e. The van der Waals surface area contributed by atoms with E-state index in [-0.39, 0.29) is 12.1 Å². The van der Waals surface area contributed by atoms with E-state index in [1.54, 1.807) is 26.0 Å². The van der Waals surface area contributed by atoms with E-state index >= 15 is 0 Å². The zero-order valence-corrected chi connectivity index (χ0v) is 7.65. The summed E-state index contributed by atoms with van der Waals surface area (Å²) in [6.45, 7) is 3.59. The first-order valence-electron chi connectivity index (χ1n) is 4.02. The molecule has 1 rings (SSSR count). The third kappa shape index (κ3) is 2.74. The Morgan fingerprint density at radius 1 is 1.54 bits per heavy atom. The normalized spacial score (nSPS) is 10.1. The Bertz CT molecular complexity index is 293. The molecule has 0 fully saturated rings. The molecule has 4 heteroatoms. The van der Waals surface area contributed by atoms with Crippen molar-refractivity contribution in [2.75, 3.05) is 5.73 Å². The number of ether oxygens (including phenoxy) is 1. The van der Waals surface area contributed by atoms with Crippen LogP contribution in [0.4, 0.5) is 5.82 Å². The van der Waals surface area contributed by atoms with Crippen molar-refractivity contribution in [3.8, 4) is 0 Å². The molecule has 0 aliphatic rings. The molecule has 4 nitrogen and oxygen atoms in total. The lowest BCUT2D eigenvalue weighted by atomic mass is 10.3. The van der Waals surface area contributed by atoms with Crippen molar-refractivity contribution in [1.29, 1.82) is 0 Å². The van der Waals surface area contributed by atoms with Crippen LogP contribution in [-0.2, 0) is 4.74 Å². The first-order valence-corrected chi connectivity index (χ1v) is 4.02. The summed E-state index contributed by atoms with van der Waals surface area (Å²) in [5.74, 6) is 0.0172. The highest BCUT2D eigenvalue weighted by Gasteiger charge is 2.08. The van der Waals surface area contributed by atoms with E-state index in [1.807, 2.05) is 0 Å². The molecule has 0 aliphatic carbocycles. The molecule has 0 saturated heterocycles. The van der Waals surface area contributed by atoms with Crippen LogP contribution in [0.25, 0.3) is 0 Å². The van der Waals surface area contributed by atoms with E-state index in [4.69, 9.17) is 10.5 Å². The van der Waals surface area contributed by atoms with Crippen LogP contribution in [0.5, 0.6) is 0 Å². The molecule has 0 aliphatic heterocycles. The van der Waals surface area contributed by atoms with E-state index in [0.29, 0.717) is 11.4 Å². The van der Waals surface area contributed by atoms with E-state index in [2.05, 4.69) is 4.98 Å². The number of aromatic nitrogens is 1. The highest BCUT2D eigenvalue weighted by atomic mass is 16.5. The van der Waals surface area contributed by atoms with Gasteiger partial charge in [0, 0.05) is 6.20 Å². The number of carbonyl (C=O) groups excluding carboxylic acids is 1. The Morgan fingerprint density at radius 2 is 2.23 bits per heavy atom. The zero-order valence-electron chi connectivity index (χ0n) is 7.65. The van der Waals surface area contributed by atoms with Crippen molar-refractivity contribution >= 4 is 11.8 Å². The maximum absolute atomic E-state index is 11.3. The van der Waals surface area contributed by atoms with Crippen LogP contribution in [0, 0.1) is 0 Å². The molecule has 0 radical (unpaired) electrons. The summed E-state index contributed by atoms with van der Waals surface area (Å²) in [4.78, 5) is 15.0. The average Bonchev–Trinajstić information content (AvgIpc) is 2.04. The number of esters is 1. The van der Waals surface area contributed by atoms with Crippen molar-refractivity contribution in [3.05, 3.63) is 23.9 Å². The zero-order chi connectivity index (χ0) is 9.84. The van der Waals surface area contributed by atoms with Gasteiger partial charge < -0.3 is 10.5 Å². The minimum atomic E-state index is -0.373. The second kappa shape index (κ2) is 3.89. The molecular formula is C9H12N2O2.